The number of nitrogens with zero attached hydrogens (tertiary/aromatic N) is 1. The van der Waals surface area contributed by atoms with E-state index in [-0.39, 0.29) is 29.9 Å². The lowest BCUT2D eigenvalue weighted by Crippen LogP contribution is -2.43. The van der Waals surface area contributed by atoms with Gasteiger partial charge in [0.1, 0.15) is 5.78 Å². The minimum atomic E-state index is -1.31. The molecule has 0 aliphatic rings. The Balaban J connectivity index is 0. The highest BCUT2D eigenvalue weighted by molar-refractivity contribution is 5.92. The molecule has 0 amide bonds. The molecule has 1 atom stereocenters. The summed E-state index contributed by atoms with van der Waals surface area (Å²) in [6.45, 7) is 13.5. The minimum Gasteiger partial charge on any atom is -0.466 e. The summed E-state index contributed by atoms with van der Waals surface area (Å²) in [4.78, 5) is 54.7. The highest BCUT2D eigenvalue weighted by Crippen LogP contribution is 2.26. The molecule has 9 nitrogen and oxygen atoms in total. The molecule has 0 aliphatic carbocycles. The molecule has 1 unspecified atom stereocenters. The molecule has 0 aromatic carbocycles. The lowest BCUT2D eigenvalue weighted by molar-refractivity contribution is -0.568. The van der Waals surface area contributed by atoms with Crippen molar-refractivity contribution in [1.82, 2.24) is 0 Å². The maximum atomic E-state index is 11.5. The van der Waals surface area contributed by atoms with E-state index in [1.807, 2.05) is 0 Å². The molecule has 0 fully saturated rings. The summed E-state index contributed by atoms with van der Waals surface area (Å²) in [5, 5.41) is 10.9. The normalized spacial score (nSPS) is 11.4. The van der Waals surface area contributed by atoms with Gasteiger partial charge < -0.3 is 9.47 Å². The molecule has 0 aromatic rings. The first-order valence-corrected chi connectivity index (χ1v) is 10.5. The van der Waals surface area contributed by atoms with Crippen LogP contribution in [0.15, 0.2) is 12.2 Å². The highest BCUT2D eigenvalue weighted by atomic mass is 16.6. The van der Waals surface area contributed by atoms with Crippen LogP contribution < -0.4 is 0 Å². The molecule has 0 spiro atoms. The summed E-state index contributed by atoms with van der Waals surface area (Å²) in [6, 6.07) is 0. The van der Waals surface area contributed by atoms with Gasteiger partial charge in [0.25, 0.3) is 0 Å². The average Bonchev–Trinajstić information content (AvgIpc) is 2.65. The second-order valence-corrected chi connectivity index (χ2v) is 7.59. The van der Waals surface area contributed by atoms with Crippen LogP contribution in [0.1, 0.15) is 80.1 Å². The van der Waals surface area contributed by atoms with Crippen molar-refractivity contribution in [3.8, 4) is 0 Å². The quantitative estimate of drug-likeness (QED) is 0.171. The molecule has 0 saturated carbocycles. The summed E-state index contributed by atoms with van der Waals surface area (Å²) in [7, 11) is 0. The van der Waals surface area contributed by atoms with Gasteiger partial charge in [0.05, 0.1) is 19.1 Å². The van der Waals surface area contributed by atoms with E-state index in [1.165, 1.54) is 27.7 Å². The number of rotatable bonds is 14. The van der Waals surface area contributed by atoms with Gasteiger partial charge in [-0.1, -0.05) is 6.58 Å². The van der Waals surface area contributed by atoms with Gasteiger partial charge in [-0.05, 0) is 59.0 Å². The number of hydrogen-bond acceptors (Lipinski definition) is 8. The van der Waals surface area contributed by atoms with Crippen LogP contribution in [0.2, 0.25) is 0 Å². The van der Waals surface area contributed by atoms with Crippen molar-refractivity contribution in [2.45, 2.75) is 85.6 Å². The van der Waals surface area contributed by atoms with E-state index in [0.29, 0.717) is 50.9 Å². The van der Waals surface area contributed by atoms with Gasteiger partial charge in [-0.15, -0.1) is 0 Å². The molecule has 31 heavy (non-hydrogen) atoms. The first-order valence-electron chi connectivity index (χ1n) is 10.5. The largest absolute Gasteiger partial charge is 0.466 e. The summed E-state index contributed by atoms with van der Waals surface area (Å²) < 4.78 is 9.49. The minimum absolute atomic E-state index is 0.0103. The maximum absolute atomic E-state index is 11.5. The lowest BCUT2D eigenvalue weighted by atomic mass is 9.81. The zero-order valence-corrected chi connectivity index (χ0v) is 19.7. The zero-order chi connectivity index (χ0) is 24.6. The van der Waals surface area contributed by atoms with E-state index in [4.69, 9.17) is 9.47 Å². The van der Waals surface area contributed by atoms with Crippen molar-refractivity contribution in [2.24, 2.45) is 5.92 Å². The van der Waals surface area contributed by atoms with Crippen LogP contribution in [-0.2, 0) is 28.7 Å². The zero-order valence-electron chi connectivity index (χ0n) is 19.7. The number of ketones is 2. The number of esters is 2. The molecular weight excluding hydrogens is 406 g/mol. The molecule has 0 bridgehead atoms. The maximum Gasteiger partial charge on any atom is 0.305 e. The van der Waals surface area contributed by atoms with Crippen molar-refractivity contribution < 1.29 is 33.6 Å². The third-order valence-corrected chi connectivity index (χ3v) is 4.66. The van der Waals surface area contributed by atoms with Gasteiger partial charge in [-0.3, -0.25) is 29.3 Å². The Kier molecular flexibility index (Phi) is 16.0. The number of hydrogen-bond donors (Lipinski definition) is 0. The SMILES string of the molecule is C=C(CCCC(=O)OCC)C(C)=O.CCOC(=O)CCCC(C(C)=O)C(C)(C)[N+](=O)[O-]. The molecule has 0 aromatic heterocycles. The number of Topliss-reactive ketones (excluding diaryl/α,β-unsaturated/α-hetero) is 2. The monoisotopic (exact) mass is 443 g/mol. The van der Waals surface area contributed by atoms with Crippen molar-refractivity contribution in [2.75, 3.05) is 13.2 Å². The Morgan fingerprint density at radius 1 is 0.935 bits per heavy atom. The van der Waals surface area contributed by atoms with Crippen LogP contribution in [-0.4, -0.2) is 47.2 Å². The first kappa shape index (κ1) is 30.6. The molecule has 0 heterocycles. The fraction of sp³-hybridized carbons (Fsp3) is 0.727. The summed E-state index contributed by atoms with van der Waals surface area (Å²) in [6.07, 6.45) is 2.50. The summed E-state index contributed by atoms with van der Waals surface area (Å²) >= 11 is 0. The Labute approximate surface area is 184 Å². The number of ether oxygens (including phenoxy) is 2. The number of allylic oxidation sites excluding steroid dienone is 1. The molecule has 178 valence electrons. The van der Waals surface area contributed by atoms with Gasteiger partial charge in [0.2, 0.25) is 5.54 Å². The van der Waals surface area contributed by atoms with E-state index in [9.17, 15) is 29.3 Å². The molecule has 0 N–H and O–H groups in total. The second kappa shape index (κ2) is 16.2. The van der Waals surface area contributed by atoms with Crippen LogP contribution in [0, 0.1) is 16.0 Å². The van der Waals surface area contributed by atoms with Crippen molar-refractivity contribution in [3.63, 3.8) is 0 Å². The molecule has 0 rings (SSSR count). The van der Waals surface area contributed by atoms with Gasteiger partial charge in [0.15, 0.2) is 5.78 Å². The lowest BCUT2D eigenvalue weighted by Gasteiger charge is -2.24. The standard InChI is InChI=1S/C12H21NO5.C10H16O3/c1-5-18-11(15)8-6-7-10(9(2)14)12(3,4)13(16)17;1-4-13-10(12)7-5-6-8(2)9(3)11/h10H,5-8H2,1-4H3;2,4-7H2,1,3H3. The van der Waals surface area contributed by atoms with Gasteiger partial charge in [0, 0.05) is 31.6 Å². The van der Waals surface area contributed by atoms with Gasteiger partial charge >= 0.3 is 11.9 Å². The topological polar surface area (TPSA) is 130 Å². The highest BCUT2D eigenvalue weighted by Gasteiger charge is 2.43. The van der Waals surface area contributed by atoms with Crippen LogP contribution in [0.4, 0.5) is 0 Å². The van der Waals surface area contributed by atoms with E-state index >= 15 is 0 Å². The van der Waals surface area contributed by atoms with Crippen LogP contribution in [0.25, 0.3) is 0 Å². The van der Waals surface area contributed by atoms with Gasteiger partial charge in [-0.2, -0.15) is 0 Å². The van der Waals surface area contributed by atoms with Crippen molar-refractivity contribution in [3.05, 3.63) is 22.3 Å². The van der Waals surface area contributed by atoms with Crippen molar-refractivity contribution in [1.29, 1.82) is 0 Å². The Morgan fingerprint density at radius 2 is 1.39 bits per heavy atom. The third kappa shape index (κ3) is 14.1. The average molecular weight is 444 g/mol. The Morgan fingerprint density at radius 3 is 1.74 bits per heavy atom. The van der Waals surface area contributed by atoms with E-state index in [0.717, 1.165) is 0 Å². The Hall–Kier alpha value is -2.58. The van der Waals surface area contributed by atoms with E-state index in [2.05, 4.69) is 6.58 Å². The smallest absolute Gasteiger partial charge is 0.305 e. The number of carbonyl (C=O) groups excluding carboxylic acids is 4. The van der Waals surface area contributed by atoms with Crippen LogP contribution in [0.5, 0.6) is 0 Å². The molecule has 0 radical (unpaired) electrons. The van der Waals surface area contributed by atoms with Crippen LogP contribution in [0.3, 0.4) is 0 Å². The first-order chi connectivity index (χ1) is 14.3. The molecule has 9 heteroatoms. The predicted octanol–water partition coefficient (Wildman–Crippen LogP) is 3.85. The second-order valence-electron chi connectivity index (χ2n) is 7.59. The molecule has 0 saturated heterocycles. The third-order valence-electron chi connectivity index (χ3n) is 4.66. The fourth-order valence-corrected chi connectivity index (χ4v) is 2.72. The summed E-state index contributed by atoms with van der Waals surface area (Å²) in [5.41, 5.74) is -0.732. The number of carbonyl (C=O) groups is 4. The van der Waals surface area contributed by atoms with E-state index < -0.39 is 16.4 Å². The van der Waals surface area contributed by atoms with Crippen molar-refractivity contribution >= 4 is 23.5 Å². The van der Waals surface area contributed by atoms with Gasteiger partial charge in [-0.25, -0.2) is 0 Å². The predicted molar refractivity (Wildman–Crippen MR) is 116 cm³/mol. The van der Waals surface area contributed by atoms with E-state index in [1.54, 1.807) is 13.8 Å². The number of nitro groups is 1. The molecule has 0 aliphatic heterocycles. The Bertz CT molecular complexity index is 639. The van der Waals surface area contributed by atoms with Crippen LogP contribution >= 0.6 is 0 Å². The summed E-state index contributed by atoms with van der Waals surface area (Å²) in [5.74, 6) is -1.45. The molecular formula is C22H37NO8. The fourth-order valence-electron chi connectivity index (χ4n) is 2.72.